The molecule has 1 atom stereocenters. The summed E-state index contributed by atoms with van der Waals surface area (Å²) in [5, 5.41) is 9.05. The van der Waals surface area contributed by atoms with Gasteiger partial charge in [0.15, 0.2) is 0 Å². The van der Waals surface area contributed by atoms with Gasteiger partial charge in [-0.3, -0.25) is 9.69 Å². The van der Waals surface area contributed by atoms with E-state index in [-0.39, 0.29) is 6.04 Å². The van der Waals surface area contributed by atoms with Gasteiger partial charge in [-0.05, 0) is 38.8 Å². The lowest BCUT2D eigenvalue weighted by atomic mass is 10.1. The summed E-state index contributed by atoms with van der Waals surface area (Å²) in [5.74, 6) is -0.692. The number of carboxylic acids is 1. The molecule has 1 fully saturated rings. The molecule has 82 valence electrons. The monoisotopic (exact) mass is 201 g/mol. The number of nitrogens with zero attached hydrogens (tertiary/aromatic N) is 1. The summed E-state index contributed by atoms with van der Waals surface area (Å²) in [7, 11) is 1.64. The first kappa shape index (κ1) is 11.5. The lowest BCUT2D eigenvalue weighted by Crippen LogP contribution is -2.39. The highest BCUT2D eigenvalue weighted by Crippen LogP contribution is 2.15. The highest BCUT2D eigenvalue weighted by molar-refractivity contribution is 5.73. The molecule has 0 bridgehead atoms. The van der Waals surface area contributed by atoms with Crippen LogP contribution in [0.3, 0.4) is 0 Å². The molecule has 1 rings (SSSR count). The van der Waals surface area contributed by atoms with Crippen molar-refractivity contribution >= 4 is 5.97 Å². The predicted octanol–water partition coefficient (Wildman–Crippen LogP) is 0.962. The van der Waals surface area contributed by atoms with E-state index in [1.54, 1.807) is 7.11 Å². The molecule has 4 nitrogen and oxygen atoms in total. The van der Waals surface area contributed by atoms with Crippen LogP contribution in [-0.4, -0.2) is 48.8 Å². The van der Waals surface area contributed by atoms with E-state index in [0.717, 1.165) is 32.4 Å². The highest BCUT2D eigenvalue weighted by atomic mass is 16.5. The van der Waals surface area contributed by atoms with Gasteiger partial charge in [-0.1, -0.05) is 0 Å². The quantitative estimate of drug-likeness (QED) is 0.650. The first-order valence-corrected chi connectivity index (χ1v) is 5.21. The second-order valence-corrected chi connectivity index (χ2v) is 3.73. The number of aliphatic carboxylic acids is 1. The lowest BCUT2D eigenvalue weighted by molar-refractivity contribution is -0.143. The van der Waals surface area contributed by atoms with Crippen molar-refractivity contribution in [1.29, 1.82) is 0 Å². The molecule has 0 aliphatic carbocycles. The molecule has 1 saturated heterocycles. The van der Waals surface area contributed by atoms with E-state index in [1.165, 1.54) is 0 Å². The van der Waals surface area contributed by atoms with Crippen molar-refractivity contribution in [3.63, 3.8) is 0 Å². The van der Waals surface area contributed by atoms with Crippen molar-refractivity contribution in [2.45, 2.75) is 31.7 Å². The molecular weight excluding hydrogens is 182 g/mol. The SMILES string of the molecule is COCCCC(C(=O)O)N1CCCC1. The van der Waals surface area contributed by atoms with E-state index in [0.29, 0.717) is 13.0 Å². The maximum atomic E-state index is 11.0. The number of carboxylic acid groups (broad SMARTS) is 1. The summed E-state index contributed by atoms with van der Waals surface area (Å²) in [6.07, 6.45) is 3.79. The molecular formula is C10H19NO3. The Morgan fingerprint density at radius 3 is 2.64 bits per heavy atom. The highest BCUT2D eigenvalue weighted by Gasteiger charge is 2.26. The fourth-order valence-electron chi connectivity index (χ4n) is 1.94. The van der Waals surface area contributed by atoms with Crippen molar-refractivity contribution in [2.75, 3.05) is 26.8 Å². The van der Waals surface area contributed by atoms with Crippen molar-refractivity contribution in [1.82, 2.24) is 4.90 Å². The minimum atomic E-state index is -0.692. The molecule has 0 aromatic heterocycles. The van der Waals surface area contributed by atoms with Crippen molar-refractivity contribution in [3.8, 4) is 0 Å². The fraction of sp³-hybridized carbons (Fsp3) is 0.900. The van der Waals surface area contributed by atoms with Gasteiger partial charge in [-0.2, -0.15) is 0 Å². The zero-order valence-electron chi connectivity index (χ0n) is 8.74. The number of ether oxygens (including phenoxy) is 1. The van der Waals surface area contributed by atoms with Crippen molar-refractivity contribution < 1.29 is 14.6 Å². The van der Waals surface area contributed by atoms with Crippen molar-refractivity contribution in [2.24, 2.45) is 0 Å². The predicted molar refractivity (Wildman–Crippen MR) is 53.3 cm³/mol. The van der Waals surface area contributed by atoms with E-state index in [2.05, 4.69) is 4.90 Å². The first-order valence-electron chi connectivity index (χ1n) is 5.21. The van der Waals surface area contributed by atoms with Crippen LogP contribution < -0.4 is 0 Å². The summed E-state index contributed by atoms with van der Waals surface area (Å²) in [5.41, 5.74) is 0. The van der Waals surface area contributed by atoms with Gasteiger partial charge in [-0.25, -0.2) is 0 Å². The molecule has 0 spiro atoms. The molecule has 0 saturated carbocycles. The van der Waals surface area contributed by atoms with Gasteiger partial charge in [0.1, 0.15) is 6.04 Å². The van der Waals surface area contributed by atoms with Crippen LogP contribution in [0.2, 0.25) is 0 Å². The van der Waals surface area contributed by atoms with Crippen LogP contribution in [0.15, 0.2) is 0 Å². The van der Waals surface area contributed by atoms with Crippen LogP contribution in [0.25, 0.3) is 0 Å². The summed E-state index contributed by atoms with van der Waals surface area (Å²) < 4.78 is 4.92. The van der Waals surface area contributed by atoms with Gasteiger partial charge in [-0.15, -0.1) is 0 Å². The zero-order valence-corrected chi connectivity index (χ0v) is 8.74. The van der Waals surface area contributed by atoms with Gasteiger partial charge >= 0.3 is 5.97 Å². The molecule has 1 heterocycles. The Balaban J connectivity index is 2.34. The smallest absolute Gasteiger partial charge is 0.320 e. The Morgan fingerprint density at radius 1 is 1.50 bits per heavy atom. The molecule has 1 aliphatic rings. The first-order chi connectivity index (χ1) is 6.75. The third kappa shape index (κ3) is 3.27. The number of rotatable bonds is 6. The summed E-state index contributed by atoms with van der Waals surface area (Å²) >= 11 is 0. The number of carbonyl (C=O) groups is 1. The third-order valence-corrected chi connectivity index (χ3v) is 2.69. The normalized spacial score (nSPS) is 19.8. The molecule has 0 radical (unpaired) electrons. The maximum Gasteiger partial charge on any atom is 0.320 e. The molecule has 14 heavy (non-hydrogen) atoms. The molecule has 0 aromatic rings. The van der Waals surface area contributed by atoms with Gasteiger partial charge in [0.2, 0.25) is 0 Å². The summed E-state index contributed by atoms with van der Waals surface area (Å²) in [6.45, 7) is 2.52. The Bertz CT molecular complexity index is 178. The minimum absolute atomic E-state index is 0.298. The molecule has 4 heteroatoms. The van der Waals surface area contributed by atoms with Crippen molar-refractivity contribution in [3.05, 3.63) is 0 Å². The Labute approximate surface area is 84.8 Å². The van der Waals surface area contributed by atoms with Gasteiger partial charge in [0, 0.05) is 13.7 Å². The number of hydrogen-bond donors (Lipinski definition) is 1. The summed E-state index contributed by atoms with van der Waals surface area (Å²) in [4.78, 5) is 13.1. The molecule has 0 aromatic carbocycles. The van der Waals surface area contributed by atoms with E-state index in [1.807, 2.05) is 0 Å². The minimum Gasteiger partial charge on any atom is -0.480 e. The number of hydrogen-bond acceptors (Lipinski definition) is 3. The molecule has 1 N–H and O–H groups in total. The fourth-order valence-corrected chi connectivity index (χ4v) is 1.94. The van der Waals surface area contributed by atoms with E-state index in [4.69, 9.17) is 9.84 Å². The van der Waals surface area contributed by atoms with Crippen LogP contribution in [0, 0.1) is 0 Å². The Hall–Kier alpha value is -0.610. The van der Waals surface area contributed by atoms with E-state index >= 15 is 0 Å². The third-order valence-electron chi connectivity index (χ3n) is 2.69. The second kappa shape index (κ2) is 5.98. The Kier molecular flexibility index (Phi) is 4.90. The van der Waals surface area contributed by atoms with Crippen LogP contribution in [0.1, 0.15) is 25.7 Å². The van der Waals surface area contributed by atoms with Crippen LogP contribution in [0.4, 0.5) is 0 Å². The van der Waals surface area contributed by atoms with Gasteiger partial charge in [0.05, 0.1) is 0 Å². The maximum absolute atomic E-state index is 11.0. The van der Waals surface area contributed by atoms with E-state index in [9.17, 15) is 4.79 Å². The number of methoxy groups -OCH3 is 1. The summed E-state index contributed by atoms with van der Waals surface area (Å²) in [6, 6.07) is -0.298. The lowest BCUT2D eigenvalue weighted by Gasteiger charge is -2.23. The van der Waals surface area contributed by atoms with Gasteiger partial charge in [0.25, 0.3) is 0 Å². The second-order valence-electron chi connectivity index (χ2n) is 3.73. The average molecular weight is 201 g/mol. The molecule has 1 aliphatic heterocycles. The molecule has 1 unspecified atom stereocenters. The van der Waals surface area contributed by atoms with Crippen LogP contribution in [-0.2, 0) is 9.53 Å². The zero-order chi connectivity index (χ0) is 10.4. The largest absolute Gasteiger partial charge is 0.480 e. The Morgan fingerprint density at radius 2 is 2.14 bits per heavy atom. The number of likely N-dealkylation sites (tertiary alicyclic amines) is 1. The van der Waals surface area contributed by atoms with E-state index < -0.39 is 5.97 Å². The van der Waals surface area contributed by atoms with Crippen LogP contribution >= 0.6 is 0 Å². The van der Waals surface area contributed by atoms with Crippen LogP contribution in [0.5, 0.6) is 0 Å². The van der Waals surface area contributed by atoms with Gasteiger partial charge < -0.3 is 9.84 Å². The average Bonchev–Trinajstić information content (AvgIpc) is 2.64. The topological polar surface area (TPSA) is 49.8 Å². The molecule has 0 amide bonds. The standard InChI is InChI=1S/C10H19NO3/c1-14-8-4-5-9(10(12)13)11-6-2-3-7-11/h9H,2-8H2,1H3,(H,12,13).